The third kappa shape index (κ3) is 4.28. The Balaban J connectivity index is 2.08. The van der Waals surface area contributed by atoms with Crippen LogP contribution in [0.25, 0.3) is 0 Å². The minimum Gasteiger partial charge on any atom is -0.130 e. The van der Waals surface area contributed by atoms with E-state index in [0.29, 0.717) is 0 Å². The van der Waals surface area contributed by atoms with Crippen molar-refractivity contribution in [3.8, 4) is 0 Å². The van der Waals surface area contributed by atoms with E-state index >= 15 is 0 Å². The molecule has 2 rings (SSSR count). The van der Waals surface area contributed by atoms with E-state index in [2.05, 4.69) is 81.7 Å². The van der Waals surface area contributed by atoms with Gasteiger partial charge in [0, 0.05) is 0 Å². The molecule has 2 heteroatoms. The van der Waals surface area contributed by atoms with Gasteiger partial charge in [-0.2, -0.15) is 0 Å². The molecule has 0 nitrogen and oxygen atoms in total. The van der Waals surface area contributed by atoms with Crippen molar-refractivity contribution in [3.05, 3.63) is 83.1 Å². The van der Waals surface area contributed by atoms with Crippen molar-refractivity contribution in [2.45, 2.75) is 12.8 Å². The smallest absolute Gasteiger partial charge is 0.122 e. The molecule has 0 N–H and O–H groups in total. The van der Waals surface area contributed by atoms with E-state index in [1.165, 1.54) is 16.7 Å². The van der Waals surface area contributed by atoms with E-state index in [1.807, 2.05) is 0 Å². The zero-order chi connectivity index (χ0) is 12.6. The van der Waals surface area contributed by atoms with Crippen LogP contribution in [0.1, 0.15) is 11.1 Å². The van der Waals surface area contributed by atoms with Gasteiger partial charge in [-0.3, -0.25) is 0 Å². The van der Waals surface area contributed by atoms with Crippen molar-refractivity contribution in [1.82, 2.24) is 0 Å². The molecule has 2 aromatic carbocycles. The lowest BCUT2D eigenvalue weighted by Crippen LogP contribution is -1.96. The fraction of sp³-hybridized carbons (Fsp3) is 0.125. The molecule has 0 amide bonds. The lowest BCUT2D eigenvalue weighted by atomic mass is 10.00. The van der Waals surface area contributed by atoms with Crippen LogP contribution in [0.5, 0.6) is 0 Å². The first-order valence-corrected chi connectivity index (χ1v) is 10.9. The van der Waals surface area contributed by atoms with Gasteiger partial charge in [0.25, 0.3) is 0 Å². The molecule has 0 fully saturated rings. The normalized spacial score (nSPS) is 10.7. The van der Waals surface area contributed by atoms with Crippen LogP contribution < -0.4 is 0 Å². The molecule has 18 heavy (non-hydrogen) atoms. The Labute approximate surface area is 119 Å². The topological polar surface area (TPSA) is 0 Å². The summed E-state index contributed by atoms with van der Waals surface area (Å²) in [4.78, 5) is 0. The second kappa shape index (κ2) is 7.34. The summed E-state index contributed by atoms with van der Waals surface area (Å²) in [5, 5.41) is 0. The zero-order valence-electron chi connectivity index (χ0n) is 10.4. The molecule has 0 radical (unpaired) electrons. The van der Waals surface area contributed by atoms with Crippen molar-refractivity contribution in [2.24, 2.45) is 0 Å². The summed E-state index contributed by atoms with van der Waals surface area (Å²) < 4.78 is 0. The molecule has 0 atom stereocenters. The van der Waals surface area contributed by atoms with E-state index in [-0.39, 0.29) is 8.14 Å². The quantitative estimate of drug-likeness (QED) is 0.581. The molecule has 0 saturated carbocycles. The van der Waals surface area contributed by atoms with E-state index in [1.54, 1.807) is 0 Å². The van der Waals surface area contributed by atoms with Crippen molar-refractivity contribution < 1.29 is 0 Å². The van der Waals surface area contributed by atoms with Gasteiger partial charge in [-0.15, -0.1) is 15.3 Å². The van der Waals surface area contributed by atoms with Gasteiger partial charge in [-0.1, -0.05) is 71.9 Å². The van der Waals surface area contributed by atoms with Crippen LogP contribution in [0.15, 0.2) is 71.9 Å². The average Bonchev–Trinajstić information content (AvgIpc) is 2.41. The number of hydrogen-bond acceptors (Lipinski definition) is 0. The first-order valence-electron chi connectivity index (χ1n) is 6.20. The zero-order valence-corrected chi connectivity index (χ0v) is 13.4. The summed E-state index contributed by atoms with van der Waals surface area (Å²) in [5.74, 6) is 0. The molecule has 0 aliphatic heterocycles. The lowest BCUT2D eigenvalue weighted by molar-refractivity contribution is 1.04. The van der Waals surface area contributed by atoms with Crippen LogP contribution >= 0.6 is 15.3 Å². The highest BCUT2D eigenvalue weighted by atomic mass is 79.9. The Kier molecular flexibility index (Phi) is 5.43. The van der Waals surface area contributed by atoms with Gasteiger partial charge in [0.05, 0.1) is 0 Å². The largest absolute Gasteiger partial charge is 0.130 e. The Morgan fingerprint density at radius 2 is 1.28 bits per heavy atom. The first kappa shape index (κ1) is 13.3. The molecular weight excluding hydrogens is 300 g/mol. The van der Waals surface area contributed by atoms with E-state index < -0.39 is 0 Å². The Morgan fingerprint density at radius 1 is 0.833 bits per heavy atom. The molecule has 0 spiro atoms. The molecule has 0 bridgehead atoms. The molecule has 0 saturated heterocycles. The summed E-state index contributed by atoms with van der Waals surface area (Å²) in [7, 11) is -0.215. The molecule has 0 heterocycles. The summed E-state index contributed by atoms with van der Waals surface area (Å²) in [6.45, 7) is 0. The van der Waals surface area contributed by atoms with Crippen LogP contribution in [-0.2, 0) is 12.8 Å². The summed E-state index contributed by atoms with van der Waals surface area (Å²) in [5.41, 5.74) is 6.74. The SMILES string of the molecule is Br[SiH2]C=C(Cc1ccccc1)Cc1ccccc1. The van der Waals surface area contributed by atoms with Crippen LogP contribution in [0.3, 0.4) is 0 Å². The highest BCUT2D eigenvalue weighted by molar-refractivity contribution is 9.23. The van der Waals surface area contributed by atoms with Crippen LogP contribution in [-0.4, -0.2) is 8.14 Å². The van der Waals surface area contributed by atoms with Gasteiger partial charge in [0.1, 0.15) is 8.14 Å². The molecule has 0 aromatic heterocycles. The van der Waals surface area contributed by atoms with Gasteiger partial charge >= 0.3 is 0 Å². The summed E-state index contributed by atoms with van der Waals surface area (Å²) in [6, 6.07) is 21.4. The first-order chi connectivity index (χ1) is 8.88. The number of rotatable bonds is 5. The number of benzene rings is 2. The van der Waals surface area contributed by atoms with E-state index in [9.17, 15) is 0 Å². The number of allylic oxidation sites excluding steroid dienone is 1. The van der Waals surface area contributed by atoms with Gasteiger partial charge in [0.2, 0.25) is 0 Å². The Morgan fingerprint density at radius 3 is 1.67 bits per heavy atom. The van der Waals surface area contributed by atoms with Crippen molar-refractivity contribution in [1.29, 1.82) is 0 Å². The summed E-state index contributed by atoms with van der Waals surface area (Å²) in [6.07, 6.45) is 2.13. The predicted octanol–water partition coefficient (Wildman–Crippen LogP) is 3.83. The van der Waals surface area contributed by atoms with Crippen LogP contribution in [0.4, 0.5) is 0 Å². The van der Waals surface area contributed by atoms with Crippen molar-refractivity contribution >= 4 is 23.4 Å². The van der Waals surface area contributed by atoms with Crippen molar-refractivity contribution in [3.63, 3.8) is 0 Å². The maximum atomic E-state index is 3.64. The number of hydrogen-bond donors (Lipinski definition) is 0. The van der Waals surface area contributed by atoms with Crippen LogP contribution in [0.2, 0.25) is 0 Å². The third-order valence-corrected chi connectivity index (χ3v) is 4.62. The Hall–Kier alpha value is -1.12. The van der Waals surface area contributed by atoms with E-state index in [0.717, 1.165) is 12.8 Å². The lowest BCUT2D eigenvalue weighted by Gasteiger charge is -2.08. The molecule has 0 unspecified atom stereocenters. The number of halogens is 1. The maximum Gasteiger partial charge on any atom is 0.122 e. The predicted molar refractivity (Wildman–Crippen MR) is 85.8 cm³/mol. The second-order valence-corrected chi connectivity index (χ2v) is 7.00. The fourth-order valence-corrected chi connectivity index (χ4v) is 3.91. The molecule has 0 aliphatic rings. The van der Waals surface area contributed by atoms with E-state index in [4.69, 9.17) is 0 Å². The average molecular weight is 317 g/mol. The van der Waals surface area contributed by atoms with Gasteiger partial charge in [-0.05, 0) is 24.0 Å². The minimum absolute atomic E-state index is 0.215. The fourth-order valence-electron chi connectivity index (χ4n) is 2.03. The van der Waals surface area contributed by atoms with Crippen molar-refractivity contribution in [2.75, 3.05) is 0 Å². The minimum atomic E-state index is -0.215. The van der Waals surface area contributed by atoms with Gasteiger partial charge < -0.3 is 0 Å². The van der Waals surface area contributed by atoms with Crippen LogP contribution in [0, 0.1) is 0 Å². The maximum absolute atomic E-state index is 3.64. The molecule has 2 aromatic rings. The van der Waals surface area contributed by atoms with Gasteiger partial charge in [-0.25, -0.2) is 0 Å². The molecular formula is C16H17BrSi. The molecule has 92 valence electrons. The highest BCUT2D eigenvalue weighted by Gasteiger charge is 2.01. The Bertz CT molecular complexity index is 448. The third-order valence-electron chi connectivity index (χ3n) is 2.91. The van der Waals surface area contributed by atoms with Gasteiger partial charge in [0.15, 0.2) is 0 Å². The standard InChI is InChI=1S/C16H17BrSi/c17-18-13-16(11-14-7-3-1-4-8-14)12-15-9-5-2-6-10-15/h1-10,13H,11-12,18H2. The monoisotopic (exact) mass is 316 g/mol. The molecule has 0 aliphatic carbocycles. The summed E-state index contributed by atoms with van der Waals surface area (Å²) >= 11 is 3.64. The second-order valence-electron chi connectivity index (χ2n) is 4.34. The highest BCUT2D eigenvalue weighted by Crippen LogP contribution is 2.14.